The van der Waals surface area contributed by atoms with E-state index in [2.05, 4.69) is 39.8 Å². The van der Waals surface area contributed by atoms with E-state index in [4.69, 9.17) is 4.74 Å². The first kappa shape index (κ1) is 16.9. The van der Waals surface area contributed by atoms with E-state index in [1.807, 2.05) is 20.0 Å². The van der Waals surface area contributed by atoms with Crippen LogP contribution in [0.25, 0.3) is 0 Å². The van der Waals surface area contributed by atoms with Gasteiger partial charge in [-0.15, -0.1) is 0 Å². The van der Waals surface area contributed by atoms with Gasteiger partial charge in [-0.3, -0.25) is 9.69 Å². The Morgan fingerprint density at radius 3 is 2.91 bits per heavy atom. The van der Waals surface area contributed by atoms with E-state index in [0.29, 0.717) is 13.1 Å². The highest BCUT2D eigenvalue weighted by molar-refractivity contribution is 5.78. The first-order valence-electron chi connectivity index (χ1n) is 7.99. The van der Waals surface area contributed by atoms with Crippen molar-refractivity contribution in [2.75, 3.05) is 39.8 Å². The average Bonchev–Trinajstić information content (AvgIpc) is 2.54. The number of carbonyl (C=O) groups is 1. The van der Waals surface area contributed by atoms with Crippen molar-refractivity contribution < 1.29 is 9.53 Å². The summed E-state index contributed by atoms with van der Waals surface area (Å²) in [7, 11) is 1.86. The SMILES string of the molecule is CNCC(C)C(=O)NCC1CN(Cc2ccccc2)CCO1. The molecule has 5 nitrogen and oxygen atoms in total. The Morgan fingerprint density at radius 2 is 2.18 bits per heavy atom. The van der Waals surface area contributed by atoms with E-state index in [1.165, 1.54) is 5.56 Å². The van der Waals surface area contributed by atoms with Gasteiger partial charge in [-0.1, -0.05) is 37.3 Å². The van der Waals surface area contributed by atoms with Crippen molar-refractivity contribution in [2.45, 2.75) is 19.6 Å². The zero-order valence-electron chi connectivity index (χ0n) is 13.5. The van der Waals surface area contributed by atoms with Crippen LogP contribution in [-0.4, -0.2) is 56.7 Å². The Morgan fingerprint density at radius 1 is 1.41 bits per heavy atom. The third-order valence-electron chi connectivity index (χ3n) is 3.93. The van der Waals surface area contributed by atoms with Crippen molar-refractivity contribution in [3.63, 3.8) is 0 Å². The molecule has 2 N–H and O–H groups in total. The first-order chi connectivity index (χ1) is 10.7. The molecule has 1 aromatic carbocycles. The van der Waals surface area contributed by atoms with Crippen molar-refractivity contribution in [2.24, 2.45) is 5.92 Å². The summed E-state index contributed by atoms with van der Waals surface area (Å²) in [4.78, 5) is 14.3. The van der Waals surface area contributed by atoms with E-state index in [-0.39, 0.29) is 17.9 Å². The summed E-state index contributed by atoms with van der Waals surface area (Å²) in [5, 5.41) is 6.01. The van der Waals surface area contributed by atoms with Gasteiger partial charge in [-0.2, -0.15) is 0 Å². The van der Waals surface area contributed by atoms with Gasteiger partial charge in [0.15, 0.2) is 0 Å². The van der Waals surface area contributed by atoms with E-state index >= 15 is 0 Å². The highest BCUT2D eigenvalue weighted by Crippen LogP contribution is 2.10. The van der Waals surface area contributed by atoms with Gasteiger partial charge in [0.1, 0.15) is 0 Å². The number of hydrogen-bond acceptors (Lipinski definition) is 4. The monoisotopic (exact) mass is 305 g/mol. The summed E-state index contributed by atoms with van der Waals surface area (Å²) >= 11 is 0. The van der Waals surface area contributed by atoms with Crippen LogP contribution >= 0.6 is 0 Å². The van der Waals surface area contributed by atoms with Crippen LogP contribution in [0, 0.1) is 5.92 Å². The fraction of sp³-hybridized carbons (Fsp3) is 0.588. The fourth-order valence-corrected chi connectivity index (χ4v) is 2.68. The highest BCUT2D eigenvalue weighted by Gasteiger charge is 2.22. The Hall–Kier alpha value is -1.43. The van der Waals surface area contributed by atoms with Gasteiger partial charge in [0, 0.05) is 38.6 Å². The molecule has 2 rings (SSSR count). The van der Waals surface area contributed by atoms with Crippen LogP contribution in [-0.2, 0) is 16.1 Å². The normalized spacial score (nSPS) is 20.5. The molecule has 1 heterocycles. The molecule has 1 saturated heterocycles. The molecular weight excluding hydrogens is 278 g/mol. The van der Waals surface area contributed by atoms with Crippen molar-refractivity contribution >= 4 is 5.91 Å². The van der Waals surface area contributed by atoms with Gasteiger partial charge < -0.3 is 15.4 Å². The number of rotatable bonds is 7. The summed E-state index contributed by atoms with van der Waals surface area (Å²) in [5.74, 6) is 0.0622. The van der Waals surface area contributed by atoms with Gasteiger partial charge in [-0.25, -0.2) is 0 Å². The molecule has 1 aliphatic rings. The molecule has 1 aliphatic heterocycles. The van der Waals surface area contributed by atoms with Crippen LogP contribution < -0.4 is 10.6 Å². The maximum absolute atomic E-state index is 11.9. The number of amides is 1. The number of hydrogen-bond donors (Lipinski definition) is 2. The smallest absolute Gasteiger partial charge is 0.224 e. The van der Waals surface area contributed by atoms with E-state index in [1.54, 1.807) is 0 Å². The lowest BCUT2D eigenvalue weighted by molar-refractivity contribution is -0.125. The molecule has 0 bridgehead atoms. The lowest BCUT2D eigenvalue weighted by Gasteiger charge is -2.33. The molecule has 5 heteroatoms. The lowest BCUT2D eigenvalue weighted by atomic mass is 10.1. The van der Waals surface area contributed by atoms with Gasteiger partial charge in [-0.05, 0) is 12.6 Å². The number of ether oxygens (including phenoxy) is 1. The number of nitrogens with zero attached hydrogens (tertiary/aromatic N) is 1. The van der Waals surface area contributed by atoms with Gasteiger partial charge >= 0.3 is 0 Å². The molecule has 122 valence electrons. The molecule has 2 unspecified atom stereocenters. The second kappa shape index (κ2) is 8.88. The molecule has 1 fully saturated rings. The minimum atomic E-state index is -0.0194. The number of carbonyl (C=O) groups excluding carboxylic acids is 1. The molecule has 0 aromatic heterocycles. The third-order valence-corrected chi connectivity index (χ3v) is 3.93. The van der Waals surface area contributed by atoms with Gasteiger partial charge in [0.25, 0.3) is 0 Å². The van der Waals surface area contributed by atoms with Crippen molar-refractivity contribution in [3.05, 3.63) is 35.9 Å². The van der Waals surface area contributed by atoms with Crippen LogP contribution in [0.3, 0.4) is 0 Å². The molecule has 0 radical (unpaired) electrons. The maximum atomic E-state index is 11.9. The molecule has 0 saturated carbocycles. The minimum absolute atomic E-state index is 0.0194. The largest absolute Gasteiger partial charge is 0.374 e. The van der Waals surface area contributed by atoms with Crippen molar-refractivity contribution in [3.8, 4) is 0 Å². The topological polar surface area (TPSA) is 53.6 Å². The predicted octanol–water partition coefficient (Wildman–Crippen LogP) is 0.859. The first-order valence-corrected chi connectivity index (χ1v) is 7.99. The molecule has 22 heavy (non-hydrogen) atoms. The Labute approximate surface area is 133 Å². The molecular formula is C17H27N3O2. The van der Waals surface area contributed by atoms with Crippen LogP contribution in [0.15, 0.2) is 30.3 Å². The Kier molecular flexibility index (Phi) is 6.83. The van der Waals surface area contributed by atoms with E-state index in [0.717, 1.165) is 26.2 Å². The summed E-state index contributed by atoms with van der Waals surface area (Å²) in [6, 6.07) is 10.5. The summed E-state index contributed by atoms with van der Waals surface area (Å²) < 4.78 is 5.76. The highest BCUT2D eigenvalue weighted by atomic mass is 16.5. The van der Waals surface area contributed by atoms with Crippen molar-refractivity contribution in [1.29, 1.82) is 0 Å². The zero-order valence-corrected chi connectivity index (χ0v) is 13.5. The molecule has 0 spiro atoms. The van der Waals surface area contributed by atoms with Crippen LogP contribution in [0.4, 0.5) is 0 Å². The number of nitrogens with one attached hydrogen (secondary N) is 2. The zero-order chi connectivity index (χ0) is 15.8. The predicted molar refractivity (Wildman–Crippen MR) is 87.6 cm³/mol. The summed E-state index contributed by atoms with van der Waals surface area (Å²) in [6.45, 7) is 6.65. The van der Waals surface area contributed by atoms with Crippen LogP contribution in [0.5, 0.6) is 0 Å². The average molecular weight is 305 g/mol. The van der Waals surface area contributed by atoms with Gasteiger partial charge in [0.2, 0.25) is 5.91 Å². The lowest BCUT2D eigenvalue weighted by Crippen LogP contribution is -2.48. The quantitative estimate of drug-likeness (QED) is 0.784. The number of morpholine rings is 1. The van der Waals surface area contributed by atoms with Crippen LogP contribution in [0.1, 0.15) is 12.5 Å². The standard InChI is InChI=1S/C17H27N3O2/c1-14(10-18-2)17(21)19-11-16-13-20(8-9-22-16)12-15-6-4-3-5-7-15/h3-7,14,16,18H,8-13H2,1-2H3,(H,19,21). The molecule has 1 aromatic rings. The molecule has 0 aliphatic carbocycles. The fourth-order valence-electron chi connectivity index (χ4n) is 2.68. The second-order valence-corrected chi connectivity index (χ2v) is 5.92. The Balaban J connectivity index is 1.75. The molecule has 1 amide bonds. The maximum Gasteiger partial charge on any atom is 0.224 e. The van der Waals surface area contributed by atoms with Crippen LogP contribution in [0.2, 0.25) is 0 Å². The summed E-state index contributed by atoms with van der Waals surface area (Å²) in [6.07, 6.45) is 0.0724. The summed E-state index contributed by atoms with van der Waals surface area (Å²) in [5.41, 5.74) is 1.31. The molecule has 2 atom stereocenters. The van der Waals surface area contributed by atoms with Gasteiger partial charge in [0.05, 0.1) is 12.7 Å². The van der Waals surface area contributed by atoms with E-state index in [9.17, 15) is 4.79 Å². The van der Waals surface area contributed by atoms with E-state index < -0.39 is 0 Å². The third kappa shape index (κ3) is 5.40. The minimum Gasteiger partial charge on any atom is -0.374 e. The second-order valence-electron chi connectivity index (χ2n) is 5.92. The number of benzene rings is 1. The Bertz CT molecular complexity index is 452. The van der Waals surface area contributed by atoms with Crippen molar-refractivity contribution in [1.82, 2.24) is 15.5 Å².